The van der Waals surface area contributed by atoms with Gasteiger partial charge >= 0.3 is 11.9 Å². The standard InChI is InChI=1S/C17H14O6/c1-10(15(20)21)17(16(22)23,11-4-2-6-13(18)8-11)12-5-3-7-14(19)9-12/h2-9,18-19H,1H2,(H,20,21)(H,22,23). The molecule has 0 radical (unpaired) electrons. The van der Waals surface area contributed by atoms with E-state index >= 15 is 0 Å². The third kappa shape index (κ3) is 2.62. The van der Waals surface area contributed by atoms with E-state index in [4.69, 9.17) is 0 Å². The molecule has 6 nitrogen and oxygen atoms in total. The zero-order valence-electron chi connectivity index (χ0n) is 11.9. The van der Waals surface area contributed by atoms with Crippen molar-refractivity contribution >= 4 is 11.9 Å². The Hall–Kier alpha value is -3.28. The first-order chi connectivity index (χ1) is 10.8. The molecule has 0 amide bonds. The zero-order chi connectivity index (χ0) is 17.2. The van der Waals surface area contributed by atoms with Crippen LogP contribution in [0.2, 0.25) is 0 Å². The summed E-state index contributed by atoms with van der Waals surface area (Å²) in [5.41, 5.74) is -2.73. The van der Waals surface area contributed by atoms with Gasteiger partial charge in [-0.15, -0.1) is 0 Å². The van der Waals surface area contributed by atoms with Crippen molar-refractivity contribution in [1.29, 1.82) is 0 Å². The van der Waals surface area contributed by atoms with Gasteiger partial charge in [0.25, 0.3) is 0 Å². The number of rotatable bonds is 5. The number of phenolic OH excluding ortho intramolecular Hbond substituents is 2. The van der Waals surface area contributed by atoms with Crippen molar-refractivity contribution in [2.75, 3.05) is 0 Å². The van der Waals surface area contributed by atoms with Crippen molar-refractivity contribution in [3.8, 4) is 11.5 Å². The second-order valence-electron chi connectivity index (χ2n) is 4.94. The van der Waals surface area contributed by atoms with Crippen molar-refractivity contribution in [2.45, 2.75) is 5.41 Å². The molecule has 23 heavy (non-hydrogen) atoms. The molecule has 2 aromatic rings. The molecule has 0 aliphatic rings. The van der Waals surface area contributed by atoms with Crippen molar-refractivity contribution in [1.82, 2.24) is 0 Å². The fourth-order valence-electron chi connectivity index (χ4n) is 2.53. The normalized spacial score (nSPS) is 11.0. The number of benzene rings is 2. The van der Waals surface area contributed by atoms with Crippen LogP contribution >= 0.6 is 0 Å². The first-order valence-electron chi connectivity index (χ1n) is 6.55. The SMILES string of the molecule is C=C(C(=O)O)C(C(=O)O)(c1cccc(O)c1)c1cccc(O)c1. The highest BCUT2D eigenvalue weighted by molar-refractivity contribution is 6.03. The van der Waals surface area contributed by atoms with E-state index in [2.05, 4.69) is 6.58 Å². The minimum Gasteiger partial charge on any atom is -0.508 e. The van der Waals surface area contributed by atoms with E-state index in [1.807, 2.05) is 0 Å². The van der Waals surface area contributed by atoms with Crippen LogP contribution in [-0.4, -0.2) is 32.4 Å². The minimum atomic E-state index is -2.15. The molecule has 4 N–H and O–H groups in total. The van der Waals surface area contributed by atoms with E-state index in [-0.39, 0.29) is 22.6 Å². The number of carbonyl (C=O) groups is 2. The van der Waals surface area contributed by atoms with E-state index in [0.717, 1.165) is 12.1 Å². The lowest BCUT2D eigenvalue weighted by molar-refractivity contribution is -0.144. The molecule has 0 aliphatic carbocycles. The van der Waals surface area contributed by atoms with Crippen LogP contribution in [0.15, 0.2) is 60.7 Å². The van der Waals surface area contributed by atoms with Crippen molar-refractivity contribution in [3.63, 3.8) is 0 Å². The van der Waals surface area contributed by atoms with Crippen LogP contribution in [0.3, 0.4) is 0 Å². The fourth-order valence-corrected chi connectivity index (χ4v) is 2.53. The van der Waals surface area contributed by atoms with Crippen LogP contribution < -0.4 is 0 Å². The zero-order valence-corrected chi connectivity index (χ0v) is 11.9. The van der Waals surface area contributed by atoms with Gasteiger partial charge in [0.2, 0.25) is 0 Å². The average Bonchev–Trinajstić information content (AvgIpc) is 2.47. The van der Waals surface area contributed by atoms with E-state index in [0.29, 0.717) is 0 Å². The second-order valence-corrected chi connectivity index (χ2v) is 4.94. The Balaban J connectivity index is 2.89. The summed E-state index contributed by atoms with van der Waals surface area (Å²) in [4.78, 5) is 23.6. The van der Waals surface area contributed by atoms with Gasteiger partial charge in [0, 0.05) is 0 Å². The monoisotopic (exact) mass is 314 g/mol. The maximum atomic E-state index is 12.1. The number of phenols is 2. The number of carboxylic acids is 2. The van der Waals surface area contributed by atoms with Crippen LogP contribution in [0.4, 0.5) is 0 Å². The molecular weight excluding hydrogens is 300 g/mol. The Morgan fingerprint density at radius 2 is 1.30 bits per heavy atom. The predicted molar refractivity (Wildman–Crippen MR) is 81.4 cm³/mol. The molecule has 0 unspecified atom stereocenters. The smallest absolute Gasteiger partial charge is 0.332 e. The topological polar surface area (TPSA) is 115 Å². The Labute approximate surface area is 131 Å². The molecule has 0 aromatic heterocycles. The summed E-state index contributed by atoms with van der Waals surface area (Å²) in [5, 5.41) is 38.5. The predicted octanol–water partition coefficient (Wildman–Crippen LogP) is 2.11. The highest BCUT2D eigenvalue weighted by atomic mass is 16.4. The third-order valence-corrected chi connectivity index (χ3v) is 3.59. The molecule has 0 atom stereocenters. The number of carboxylic acid groups (broad SMARTS) is 2. The molecule has 2 aromatic carbocycles. The Morgan fingerprint density at radius 1 is 0.870 bits per heavy atom. The van der Waals surface area contributed by atoms with E-state index in [9.17, 15) is 30.0 Å². The number of hydrogen-bond donors (Lipinski definition) is 4. The molecule has 0 bridgehead atoms. The Morgan fingerprint density at radius 3 is 1.61 bits per heavy atom. The summed E-state index contributed by atoms with van der Waals surface area (Å²) in [6.45, 7) is 3.42. The van der Waals surface area contributed by atoms with E-state index in [1.54, 1.807) is 0 Å². The first kappa shape index (κ1) is 16.1. The van der Waals surface area contributed by atoms with Gasteiger partial charge in [-0.05, 0) is 35.4 Å². The van der Waals surface area contributed by atoms with Crippen LogP contribution in [0.1, 0.15) is 11.1 Å². The lowest BCUT2D eigenvalue weighted by Gasteiger charge is -2.31. The first-order valence-corrected chi connectivity index (χ1v) is 6.55. The molecule has 0 saturated heterocycles. The summed E-state index contributed by atoms with van der Waals surface area (Å²) in [5.74, 6) is -3.42. The molecule has 0 saturated carbocycles. The maximum absolute atomic E-state index is 12.1. The molecule has 0 aliphatic heterocycles. The summed E-state index contributed by atoms with van der Waals surface area (Å²) in [6.07, 6.45) is 0. The van der Waals surface area contributed by atoms with Gasteiger partial charge in [-0.25, -0.2) is 4.79 Å². The maximum Gasteiger partial charge on any atom is 0.332 e. The quantitative estimate of drug-likeness (QED) is 0.628. The van der Waals surface area contributed by atoms with E-state index in [1.165, 1.54) is 36.4 Å². The molecule has 2 rings (SSSR count). The Kier molecular flexibility index (Phi) is 4.09. The minimum absolute atomic E-state index is 0.0167. The summed E-state index contributed by atoms with van der Waals surface area (Å²) in [6, 6.07) is 10.6. The van der Waals surface area contributed by atoms with Crippen molar-refractivity contribution in [3.05, 3.63) is 71.8 Å². The van der Waals surface area contributed by atoms with Crippen LogP contribution in [0.5, 0.6) is 11.5 Å². The van der Waals surface area contributed by atoms with Crippen LogP contribution in [-0.2, 0) is 15.0 Å². The molecule has 6 heteroatoms. The molecule has 0 heterocycles. The average molecular weight is 314 g/mol. The fraction of sp³-hybridized carbons (Fsp3) is 0.0588. The summed E-state index contributed by atoms with van der Waals surface area (Å²) >= 11 is 0. The van der Waals surface area contributed by atoms with Gasteiger partial charge in [0.05, 0.1) is 5.57 Å². The number of hydrogen-bond acceptors (Lipinski definition) is 4. The second kappa shape index (κ2) is 5.84. The molecular formula is C17H14O6. The van der Waals surface area contributed by atoms with Gasteiger partial charge in [-0.1, -0.05) is 30.8 Å². The van der Waals surface area contributed by atoms with E-state index < -0.39 is 22.9 Å². The van der Waals surface area contributed by atoms with Gasteiger partial charge in [-0.3, -0.25) is 4.79 Å². The van der Waals surface area contributed by atoms with Crippen LogP contribution in [0.25, 0.3) is 0 Å². The van der Waals surface area contributed by atoms with Gasteiger partial charge in [-0.2, -0.15) is 0 Å². The van der Waals surface area contributed by atoms with Gasteiger partial charge in [0.1, 0.15) is 16.9 Å². The highest BCUT2D eigenvalue weighted by Gasteiger charge is 2.48. The summed E-state index contributed by atoms with van der Waals surface area (Å²) in [7, 11) is 0. The largest absolute Gasteiger partial charge is 0.508 e. The summed E-state index contributed by atoms with van der Waals surface area (Å²) < 4.78 is 0. The highest BCUT2D eigenvalue weighted by Crippen LogP contribution is 2.41. The van der Waals surface area contributed by atoms with Gasteiger partial charge < -0.3 is 20.4 Å². The molecule has 118 valence electrons. The Bertz CT molecular complexity index is 748. The lowest BCUT2D eigenvalue weighted by atomic mass is 9.69. The van der Waals surface area contributed by atoms with Crippen molar-refractivity contribution < 1.29 is 30.0 Å². The van der Waals surface area contributed by atoms with Crippen LogP contribution in [0, 0.1) is 0 Å². The molecule has 0 spiro atoms. The van der Waals surface area contributed by atoms with Crippen molar-refractivity contribution in [2.24, 2.45) is 0 Å². The third-order valence-electron chi connectivity index (χ3n) is 3.59. The molecule has 0 fully saturated rings. The van der Waals surface area contributed by atoms with Gasteiger partial charge in [0.15, 0.2) is 0 Å². The lowest BCUT2D eigenvalue weighted by Crippen LogP contribution is -2.41. The number of aliphatic carboxylic acids is 2. The number of aromatic hydroxyl groups is 2.